The summed E-state index contributed by atoms with van der Waals surface area (Å²) in [7, 11) is 0. The van der Waals surface area contributed by atoms with Crippen LogP contribution in [0.25, 0.3) is 10.8 Å². The van der Waals surface area contributed by atoms with Crippen LogP contribution in [0.2, 0.25) is 0 Å². The highest BCUT2D eigenvalue weighted by Gasteiger charge is 2.10. The fourth-order valence-corrected chi connectivity index (χ4v) is 2.54. The SMILES string of the molecule is N#CC(CCOc1ccc2ccccc2c1)c1ccccc1. The quantitative estimate of drug-likeness (QED) is 0.667. The maximum absolute atomic E-state index is 9.31. The molecule has 2 heteroatoms. The molecule has 0 amide bonds. The Kier molecular flexibility index (Phi) is 4.36. The van der Waals surface area contributed by atoms with E-state index in [1.165, 1.54) is 10.8 Å². The van der Waals surface area contributed by atoms with Gasteiger partial charge < -0.3 is 4.74 Å². The summed E-state index contributed by atoms with van der Waals surface area (Å²) in [6.07, 6.45) is 0.688. The van der Waals surface area contributed by atoms with Crippen LogP contribution in [0.4, 0.5) is 0 Å². The van der Waals surface area contributed by atoms with Gasteiger partial charge in [0, 0.05) is 6.42 Å². The van der Waals surface area contributed by atoms with Gasteiger partial charge in [-0.2, -0.15) is 5.26 Å². The van der Waals surface area contributed by atoms with Gasteiger partial charge in [-0.1, -0.05) is 60.7 Å². The van der Waals surface area contributed by atoms with Gasteiger partial charge in [0.25, 0.3) is 0 Å². The number of hydrogen-bond donors (Lipinski definition) is 0. The molecule has 0 N–H and O–H groups in total. The van der Waals surface area contributed by atoms with Crippen molar-refractivity contribution in [3.63, 3.8) is 0 Å². The monoisotopic (exact) mass is 287 g/mol. The molecule has 22 heavy (non-hydrogen) atoms. The third kappa shape index (κ3) is 3.27. The Labute approximate surface area is 130 Å². The highest BCUT2D eigenvalue weighted by molar-refractivity contribution is 5.83. The molecule has 0 fully saturated rings. The molecule has 2 nitrogen and oxygen atoms in total. The summed E-state index contributed by atoms with van der Waals surface area (Å²) in [4.78, 5) is 0. The minimum Gasteiger partial charge on any atom is -0.494 e. The Morgan fingerprint density at radius 2 is 1.59 bits per heavy atom. The number of rotatable bonds is 5. The number of nitrogens with zero attached hydrogens (tertiary/aromatic N) is 1. The van der Waals surface area contributed by atoms with Crippen molar-refractivity contribution in [3.8, 4) is 11.8 Å². The Hall–Kier alpha value is -2.79. The van der Waals surface area contributed by atoms with E-state index in [9.17, 15) is 5.26 Å². The van der Waals surface area contributed by atoms with Gasteiger partial charge in [-0.15, -0.1) is 0 Å². The van der Waals surface area contributed by atoms with Gasteiger partial charge in [-0.3, -0.25) is 0 Å². The molecule has 0 aliphatic carbocycles. The van der Waals surface area contributed by atoms with Crippen LogP contribution in [0.5, 0.6) is 5.75 Å². The van der Waals surface area contributed by atoms with Crippen molar-refractivity contribution in [2.75, 3.05) is 6.61 Å². The second-order valence-electron chi connectivity index (χ2n) is 5.24. The lowest BCUT2D eigenvalue weighted by molar-refractivity contribution is 0.306. The summed E-state index contributed by atoms with van der Waals surface area (Å²) in [5, 5.41) is 11.7. The highest BCUT2D eigenvalue weighted by atomic mass is 16.5. The van der Waals surface area contributed by atoms with Gasteiger partial charge in [0.05, 0.1) is 18.6 Å². The van der Waals surface area contributed by atoms with Crippen molar-refractivity contribution in [3.05, 3.63) is 78.4 Å². The first-order valence-electron chi connectivity index (χ1n) is 7.43. The Morgan fingerprint density at radius 3 is 2.36 bits per heavy atom. The van der Waals surface area contributed by atoms with Gasteiger partial charge in [-0.25, -0.2) is 0 Å². The second-order valence-corrected chi connectivity index (χ2v) is 5.24. The van der Waals surface area contributed by atoms with Crippen LogP contribution in [-0.2, 0) is 0 Å². The fraction of sp³-hybridized carbons (Fsp3) is 0.150. The van der Waals surface area contributed by atoms with E-state index in [1.807, 2.05) is 54.6 Å². The molecule has 0 aliphatic heterocycles. The van der Waals surface area contributed by atoms with E-state index >= 15 is 0 Å². The van der Waals surface area contributed by atoms with Gasteiger partial charge >= 0.3 is 0 Å². The topological polar surface area (TPSA) is 33.0 Å². The average molecular weight is 287 g/mol. The molecule has 0 bridgehead atoms. The molecule has 0 saturated carbocycles. The predicted molar refractivity (Wildman–Crippen MR) is 88.9 cm³/mol. The van der Waals surface area contributed by atoms with E-state index < -0.39 is 0 Å². The maximum atomic E-state index is 9.31. The van der Waals surface area contributed by atoms with Crippen LogP contribution < -0.4 is 4.74 Å². The Bertz CT molecular complexity index is 789. The van der Waals surface area contributed by atoms with E-state index in [4.69, 9.17) is 4.74 Å². The maximum Gasteiger partial charge on any atom is 0.119 e. The smallest absolute Gasteiger partial charge is 0.119 e. The largest absolute Gasteiger partial charge is 0.494 e. The molecule has 0 aromatic heterocycles. The summed E-state index contributed by atoms with van der Waals surface area (Å²) in [5.41, 5.74) is 1.05. The summed E-state index contributed by atoms with van der Waals surface area (Å²) in [6, 6.07) is 26.5. The van der Waals surface area contributed by atoms with E-state index in [0.29, 0.717) is 13.0 Å². The predicted octanol–water partition coefficient (Wildman–Crippen LogP) is 4.92. The van der Waals surface area contributed by atoms with Crippen molar-refractivity contribution in [2.45, 2.75) is 12.3 Å². The Balaban J connectivity index is 1.63. The van der Waals surface area contributed by atoms with Crippen molar-refractivity contribution in [1.82, 2.24) is 0 Å². The molecule has 108 valence electrons. The van der Waals surface area contributed by atoms with Crippen molar-refractivity contribution in [1.29, 1.82) is 5.26 Å². The molecule has 3 aromatic rings. The summed E-state index contributed by atoms with van der Waals surface area (Å²) in [5.74, 6) is 0.727. The highest BCUT2D eigenvalue weighted by Crippen LogP contribution is 2.22. The van der Waals surface area contributed by atoms with Gasteiger partial charge in [0.2, 0.25) is 0 Å². The first-order valence-corrected chi connectivity index (χ1v) is 7.43. The molecular formula is C20H17NO. The molecule has 0 aliphatic rings. The van der Waals surface area contributed by atoms with Crippen molar-refractivity contribution in [2.24, 2.45) is 0 Å². The minimum atomic E-state index is -0.123. The van der Waals surface area contributed by atoms with E-state index in [-0.39, 0.29) is 5.92 Å². The molecule has 0 heterocycles. The second kappa shape index (κ2) is 6.78. The summed E-state index contributed by atoms with van der Waals surface area (Å²) in [6.45, 7) is 0.533. The lowest BCUT2D eigenvalue weighted by Gasteiger charge is -2.11. The van der Waals surface area contributed by atoms with Gasteiger partial charge in [-0.05, 0) is 28.5 Å². The zero-order valence-corrected chi connectivity index (χ0v) is 12.3. The van der Waals surface area contributed by atoms with Crippen LogP contribution >= 0.6 is 0 Å². The molecule has 0 saturated heterocycles. The molecule has 0 radical (unpaired) electrons. The fourth-order valence-electron chi connectivity index (χ4n) is 2.54. The van der Waals surface area contributed by atoms with Crippen LogP contribution in [0.15, 0.2) is 72.8 Å². The number of benzene rings is 3. The summed E-state index contributed by atoms with van der Waals surface area (Å²) < 4.78 is 5.82. The van der Waals surface area contributed by atoms with Crippen LogP contribution in [0, 0.1) is 11.3 Å². The Morgan fingerprint density at radius 1 is 0.864 bits per heavy atom. The number of fused-ring (bicyclic) bond motifs is 1. The van der Waals surface area contributed by atoms with Crippen LogP contribution in [0.3, 0.4) is 0 Å². The zero-order valence-electron chi connectivity index (χ0n) is 12.3. The molecule has 0 spiro atoms. The van der Waals surface area contributed by atoms with Gasteiger partial charge in [0.1, 0.15) is 5.75 Å². The molecule has 3 aromatic carbocycles. The third-order valence-corrected chi connectivity index (χ3v) is 3.75. The standard InChI is InChI=1S/C20H17NO/c21-15-19(16-6-2-1-3-7-16)12-13-22-20-11-10-17-8-4-5-9-18(17)14-20/h1-11,14,19H,12-13H2. The molecular weight excluding hydrogens is 270 g/mol. The molecule has 1 unspecified atom stereocenters. The average Bonchev–Trinajstić information content (AvgIpc) is 2.59. The van der Waals surface area contributed by atoms with Crippen molar-refractivity contribution >= 4 is 10.8 Å². The van der Waals surface area contributed by atoms with E-state index in [1.54, 1.807) is 0 Å². The first-order chi connectivity index (χ1) is 10.9. The third-order valence-electron chi connectivity index (χ3n) is 3.75. The number of nitriles is 1. The lowest BCUT2D eigenvalue weighted by Crippen LogP contribution is -2.04. The van der Waals surface area contributed by atoms with Crippen molar-refractivity contribution < 1.29 is 4.74 Å². The normalized spacial score (nSPS) is 11.8. The molecule has 1 atom stereocenters. The van der Waals surface area contributed by atoms with Gasteiger partial charge in [0.15, 0.2) is 0 Å². The number of hydrogen-bond acceptors (Lipinski definition) is 2. The summed E-state index contributed by atoms with van der Waals surface area (Å²) >= 11 is 0. The number of ether oxygens (including phenoxy) is 1. The minimum absolute atomic E-state index is 0.123. The zero-order chi connectivity index (χ0) is 15.2. The van der Waals surface area contributed by atoms with Crippen LogP contribution in [-0.4, -0.2) is 6.61 Å². The van der Waals surface area contributed by atoms with Crippen LogP contribution in [0.1, 0.15) is 17.9 Å². The first kappa shape index (κ1) is 14.2. The van der Waals surface area contributed by atoms with E-state index in [2.05, 4.69) is 24.3 Å². The van der Waals surface area contributed by atoms with E-state index in [0.717, 1.165) is 11.3 Å². The molecule has 3 rings (SSSR count). The lowest BCUT2D eigenvalue weighted by atomic mass is 9.98.